The lowest BCUT2D eigenvalue weighted by Gasteiger charge is -2.41. The van der Waals surface area contributed by atoms with Crippen LogP contribution in [0.15, 0.2) is 30.3 Å². The van der Waals surface area contributed by atoms with Crippen molar-refractivity contribution in [3.8, 4) is 0 Å². The Kier molecular flexibility index (Phi) is 12.6. The van der Waals surface area contributed by atoms with E-state index in [-0.39, 0.29) is 42.3 Å². The fourth-order valence-corrected chi connectivity index (χ4v) is 4.89. The molecule has 0 spiro atoms. The summed E-state index contributed by atoms with van der Waals surface area (Å²) in [6.07, 6.45) is 0. The molecule has 0 aliphatic heterocycles. The second kappa shape index (κ2) is 14.3. The van der Waals surface area contributed by atoms with Gasteiger partial charge in [-0.2, -0.15) is 0 Å². The molecular formula is C31H55N5O3. The topological polar surface area (TPSA) is 85.0 Å². The predicted molar refractivity (Wildman–Crippen MR) is 161 cm³/mol. The number of likely N-dealkylation sites (N-methyl/N-ethyl adjacent to an activating group) is 4. The van der Waals surface area contributed by atoms with E-state index in [1.165, 1.54) is 0 Å². The summed E-state index contributed by atoms with van der Waals surface area (Å²) in [5.74, 6) is -0.157. The molecule has 0 saturated heterocycles. The Morgan fingerprint density at radius 3 is 1.82 bits per heavy atom. The van der Waals surface area contributed by atoms with Crippen LogP contribution >= 0.6 is 0 Å². The minimum absolute atomic E-state index is 0.0444. The molecule has 8 nitrogen and oxygen atoms in total. The average molecular weight is 546 g/mol. The zero-order valence-corrected chi connectivity index (χ0v) is 26.8. The number of carbonyl (C=O) groups is 3. The van der Waals surface area contributed by atoms with Crippen LogP contribution < -0.4 is 10.6 Å². The van der Waals surface area contributed by atoms with Gasteiger partial charge in [0.05, 0.1) is 12.6 Å². The first-order valence-corrected chi connectivity index (χ1v) is 14.1. The molecule has 0 bridgehead atoms. The van der Waals surface area contributed by atoms with Crippen LogP contribution in [0.3, 0.4) is 0 Å². The van der Waals surface area contributed by atoms with Gasteiger partial charge in [-0.25, -0.2) is 0 Å². The quantitative estimate of drug-likeness (QED) is 0.397. The molecule has 3 amide bonds. The Bertz CT molecular complexity index is 939. The lowest BCUT2D eigenvalue weighted by Crippen LogP contribution is -2.62. The molecule has 222 valence electrons. The van der Waals surface area contributed by atoms with Crippen molar-refractivity contribution in [3.05, 3.63) is 35.9 Å². The van der Waals surface area contributed by atoms with Gasteiger partial charge >= 0.3 is 0 Å². The number of carbonyl (C=O) groups excluding carboxylic acids is 3. The Morgan fingerprint density at radius 2 is 1.38 bits per heavy atom. The second-order valence-corrected chi connectivity index (χ2v) is 13.2. The summed E-state index contributed by atoms with van der Waals surface area (Å²) in [5.41, 5.74) is 0.0198. The highest BCUT2D eigenvalue weighted by molar-refractivity contribution is 5.91. The number of benzene rings is 1. The van der Waals surface area contributed by atoms with E-state index in [0.717, 1.165) is 5.56 Å². The zero-order valence-electron chi connectivity index (χ0n) is 26.8. The van der Waals surface area contributed by atoms with Crippen molar-refractivity contribution in [2.24, 2.45) is 11.3 Å². The van der Waals surface area contributed by atoms with Gasteiger partial charge in [0, 0.05) is 38.1 Å². The van der Waals surface area contributed by atoms with Crippen LogP contribution in [-0.4, -0.2) is 97.9 Å². The standard InChI is InChI=1S/C31H55N5O3/c1-21(2)24(19-34(11)20-25(37)35(12)22(3)4)36(13)29(39)27(30(5,6)7)33-28(38)26(32-10)31(8,9)23-17-15-14-16-18-23/h14-18,21-22,24,26-27,32H,19-20H2,1-13H3,(H,33,38)/t24-,26-,27-/m1/s1. The fraction of sp³-hybridized carbons (Fsp3) is 0.710. The molecule has 3 atom stereocenters. The van der Waals surface area contributed by atoms with Gasteiger partial charge in [0.1, 0.15) is 6.04 Å². The normalized spacial score (nSPS) is 14.8. The third-order valence-corrected chi connectivity index (χ3v) is 7.88. The van der Waals surface area contributed by atoms with Crippen molar-refractivity contribution < 1.29 is 14.4 Å². The smallest absolute Gasteiger partial charge is 0.245 e. The molecule has 2 N–H and O–H groups in total. The van der Waals surface area contributed by atoms with E-state index < -0.39 is 22.9 Å². The van der Waals surface area contributed by atoms with Gasteiger partial charge in [0.25, 0.3) is 0 Å². The number of hydrogen-bond acceptors (Lipinski definition) is 5. The van der Waals surface area contributed by atoms with Crippen LogP contribution in [0, 0.1) is 11.3 Å². The van der Waals surface area contributed by atoms with Gasteiger partial charge in [-0.1, -0.05) is 78.8 Å². The molecule has 0 heterocycles. The molecule has 39 heavy (non-hydrogen) atoms. The first-order valence-electron chi connectivity index (χ1n) is 14.1. The highest BCUT2D eigenvalue weighted by atomic mass is 16.2. The van der Waals surface area contributed by atoms with E-state index in [4.69, 9.17) is 0 Å². The van der Waals surface area contributed by atoms with E-state index in [1.807, 2.05) is 97.8 Å². The SMILES string of the molecule is CN[C@H](C(=O)N[C@H](C(=O)N(C)[C@H](CN(C)CC(=O)N(C)C(C)C)C(C)C)C(C)(C)C)C(C)(C)c1ccccc1. The predicted octanol–water partition coefficient (Wildman–Crippen LogP) is 3.36. The van der Waals surface area contributed by atoms with Gasteiger partial charge in [0.15, 0.2) is 0 Å². The van der Waals surface area contributed by atoms with Gasteiger partial charge in [-0.15, -0.1) is 0 Å². The lowest BCUT2D eigenvalue weighted by atomic mass is 9.76. The summed E-state index contributed by atoms with van der Waals surface area (Å²) in [7, 11) is 7.30. The first kappa shape index (κ1) is 34.6. The molecule has 0 aliphatic rings. The van der Waals surface area contributed by atoms with Crippen LogP contribution in [-0.2, 0) is 19.8 Å². The van der Waals surface area contributed by atoms with Crippen LogP contribution in [0.25, 0.3) is 0 Å². The third kappa shape index (κ3) is 9.31. The number of hydrogen-bond donors (Lipinski definition) is 2. The summed E-state index contributed by atoms with van der Waals surface area (Å²) < 4.78 is 0. The monoisotopic (exact) mass is 545 g/mol. The van der Waals surface area contributed by atoms with Gasteiger partial charge in [-0.05, 0) is 44.8 Å². The first-order chi connectivity index (χ1) is 17.9. The van der Waals surface area contributed by atoms with Gasteiger partial charge in [-0.3, -0.25) is 19.3 Å². The highest BCUT2D eigenvalue weighted by Gasteiger charge is 2.41. The Hall–Kier alpha value is -2.45. The van der Waals surface area contributed by atoms with Crippen LogP contribution in [0.2, 0.25) is 0 Å². The number of nitrogens with zero attached hydrogens (tertiary/aromatic N) is 3. The summed E-state index contributed by atoms with van der Waals surface area (Å²) in [5, 5.41) is 6.29. The lowest BCUT2D eigenvalue weighted by molar-refractivity contribution is -0.142. The van der Waals surface area contributed by atoms with Gasteiger partial charge < -0.3 is 20.4 Å². The Labute approximate surface area is 237 Å². The molecule has 0 saturated carbocycles. The van der Waals surface area contributed by atoms with E-state index in [9.17, 15) is 14.4 Å². The molecule has 0 radical (unpaired) electrons. The zero-order chi connectivity index (χ0) is 30.3. The number of nitrogens with one attached hydrogen (secondary N) is 2. The molecule has 8 heteroatoms. The summed E-state index contributed by atoms with van der Waals surface area (Å²) >= 11 is 0. The number of amides is 3. The summed E-state index contributed by atoms with van der Waals surface area (Å²) in [4.78, 5) is 45.8. The molecule has 0 fully saturated rings. The molecule has 0 unspecified atom stereocenters. The molecule has 0 aliphatic carbocycles. The maximum Gasteiger partial charge on any atom is 0.245 e. The van der Waals surface area contributed by atoms with E-state index in [0.29, 0.717) is 6.54 Å². The van der Waals surface area contributed by atoms with Crippen LogP contribution in [0.1, 0.15) is 67.9 Å². The van der Waals surface area contributed by atoms with Crippen LogP contribution in [0.5, 0.6) is 0 Å². The summed E-state index contributed by atoms with van der Waals surface area (Å²) in [6.45, 7) is 18.9. The Balaban J connectivity index is 3.16. The fourth-order valence-electron chi connectivity index (χ4n) is 4.89. The van der Waals surface area contributed by atoms with Crippen molar-refractivity contribution in [1.29, 1.82) is 0 Å². The van der Waals surface area contributed by atoms with Crippen molar-refractivity contribution in [2.75, 3.05) is 41.3 Å². The minimum Gasteiger partial charge on any atom is -0.342 e. The maximum atomic E-state index is 14.0. The highest BCUT2D eigenvalue weighted by Crippen LogP contribution is 2.29. The Morgan fingerprint density at radius 1 is 0.846 bits per heavy atom. The molecular weight excluding hydrogens is 490 g/mol. The van der Waals surface area contributed by atoms with E-state index in [2.05, 4.69) is 24.5 Å². The van der Waals surface area contributed by atoms with Crippen molar-refractivity contribution in [3.63, 3.8) is 0 Å². The molecule has 1 aromatic rings. The van der Waals surface area contributed by atoms with E-state index in [1.54, 1.807) is 23.9 Å². The largest absolute Gasteiger partial charge is 0.342 e. The minimum atomic E-state index is -0.724. The summed E-state index contributed by atoms with van der Waals surface area (Å²) in [6, 6.07) is 8.65. The van der Waals surface area contributed by atoms with E-state index >= 15 is 0 Å². The second-order valence-electron chi connectivity index (χ2n) is 13.2. The number of rotatable bonds is 13. The third-order valence-electron chi connectivity index (χ3n) is 7.88. The van der Waals surface area contributed by atoms with Crippen LogP contribution in [0.4, 0.5) is 0 Å². The van der Waals surface area contributed by atoms with Gasteiger partial charge in [0.2, 0.25) is 17.7 Å². The molecule has 0 aromatic heterocycles. The van der Waals surface area contributed by atoms with Crippen molar-refractivity contribution in [1.82, 2.24) is 25.3 Å². The van der Waals surface area contributed by atoms with Crippen molar-refractivity contribution >= 4 is 17.7 Å². The maximum absolute atomic E-state index is 14.0. The average Bonchev–Trinajstić information content (AvgIpc) is 2.84. The molecule has 1 aromatic carbocycles. The molecule has 1 rings (SSSR count). The van der Waals surface area contributed by atoms with Crippen molar-refractivity contribution in [2.45, 2.75) is 91.9 Å².